The van der Waals surface area contributed by atoms with Gasteiger partial charge in [-0.3, -0.25) is 9.10 Å². The van der Waals surface area contributed by atoms with Gasteiger partial charge in [0.1, 0.15) is 23.9 Å². The summed E-state index contributed by atoms with van der Waals surface area (Å²) < 4.78 is 71.8. The second-order valence-corrected chi connectivity index (χ2v) is 13.9. The fourth-order valence-corrected chi connectivity index (χ4v) is 7.86. The van der Waals surface area contributed by atoms with E-state index in [4.69, 9.17) is 25.8 Å². The maximum atomic E-state index is 13.6. The highest BCUT2D eigenvalue weighted by molar-refractivity contribution is 7.92. The fourth-order valence-electron chi connectivity index (χ4n) is 4.71. The lowest BCUT2D eigenvalue weighted by atomic mass is 10.2. The quantitative estimate of drug-likeness (QED) is 0.336. The Morgan fingerprint density at radius 2 is 1.55 bits per heavy atom. The summed E-state index contributed by atoms with van der Waals surface area (Å²) in [5.74, 6) is 0.618. The molecule has 0 radical (unpaired) electrons. The van der Waals surface area contributed by atoms with Crippen LogP contribution < -0.4 is 23.8 Å². The molecule has 3 aromatic rings. The number of halogens is 1. The van der Waals surface area contributed by atoms with Crippen LogP contribution in [0.3, 0.4) is 0 Å². The molecule has 14 heteroatoms. The van der Waals surface area contributed by atoms with E-state index in [1.807, 2.05) is 0 Å². The van der Waals surface area contributed by atoms with Crippen LogP contribution in [0.4, 0.5) is 5.69 Å². The third kappa shape index (κ3) is 6.28. The molecule has 0 spiro atoms. The minimum Gasteiger partial charge on any atom is -0.497 e. The molecule has 2 heterocycles. The summed E-state index contributed by atoms with van der Waals surface area (Å²) >= 11 is 6.15. The van der Waals surface area contributed by atoms with E-state index in [0.717, 1.165) is 17.1 Å². The highest BCUT2D eigenvalue weighted by Crippen LogP contribution is 2.39. The van der Waals surface area contributed by atoms with E-state index in [0.29, 0.717) is 29.6 Å². The summed E-state index contributed by atoms with van der Waals surface area (Å²) in [7, 11) is -6.11. The molecule has 3 aromatic carbocycles. The molecule has 1 atom stereocenters. The molecule has 5 rings (SSSR count). The standard InChI is InChI=1S/C28H30ClN3O8S2/c1-38-21-5-9-24(10-6-21)42(36,37)32-19-27(40-26-13-4-20(29)18-25(26)32)28(33)30-14-17-39-22-7-11-23(12-8-22)41(34,35)31-15-2-3-16-31/h4-13,18,27H,2-3,14-17,19H2,1H3,(H,30,33)/t27-/m1/s1. The van der Waals surface area contributed by atoms with Crippen molar-refractivity contribution in [1.29, 1.82) is 0 Å². The smallest absolute Gasteiger partial charge is 0.264 e. The highest BCUT2D eigenvalue weighted by Gasteiger charge is 2.37. The summed E-state index contributed by atoms with van der Waals surface area (Å²) in [4.78, 5) is 13.3. The predicted octanol–water partition coefficient (Wildman–Crippen LogP) is 3.28. The predicted molar refractivity (Wildman–Crippen MR) is 156 cm³/mol. The zero-order chi connectivity index (χ0) is 29.9. The van der Waals surface area contributed by atoms with Gasteiger partial charge in [0.05, 0.1) is 35.7 Å². The number of rotatable bonds is 10. The summed E-state index contributed by atoms with van der Waals surface area (Å²) in [5.41, 5.74) is 0.223. The molecule has 2 aliphatic heterocycles. The van der Waals surface area contributed by atoms with Crippen LogP contribution in [-0.2, 0) is 24.8 Å². The van der Waals surface area contributed by atoms with Gasteiger partial charge in [0.2, 0.25) is 10.0 Å². The van der Waals surface area contributed by atoms with E-state index < -0.39 is 32.1 Å². The van der Waals surface area contributed by atoms with Crippen molar-refractivity contribution in [2.45, 2.75) is 28.7 Å². The number of amides is 1. The Balaban J connectivity index is 1.21. The van der Waals surface area contributed by atoms with E-state index in [9.17, 15) is 21.6 Å². The van der Waals surface area contributed by atoms with Gasteiger partial charge in [-0.25, -0.2) is 16.8 Å². The Bertz CT molecular complexity index is 1640. The molecule has 0 unspecified atom stereocenters. The third-order valence-electron chi connectivity index (χ3n) is 6.93. The average molecular weight is 636 g/mol. The van der Waals surface area contributed by atoms with Crippen LogP contribution in [0.1, 0.15) is 12.8 Å². The lowest BCUT2D eigenvalue weighted by molar-refractivity contribution is -0.127. The summed E-state index contributed by atoms with van der Waals surface area (Å²) in [6.07, 6.45) is 0.576. The molecule has 1 fully saturated rings. The van der Waals surface area contributed by atoms with E-state index >= 15 is 0 Å². The van der Waals surface area contributed by atoms with Gasteiger partial charge in [-0.15, -0.1) is 0 Å². The number of fused-ring (bicyclic) bond motifs is 1. The van der Waals surface area contributed by atoms with Crippen LogP contribution in [0.25, 0.3) is 0 Å². The molecular weight excluding hydrogens is 606 g/mol. The lowest BCUT2D eigenvalue weighted by Gasteiger charge is -2.34. The Morgan fingerprint density at radius 3 is 2.19 bits per heavy atom. The second-order valence-electron chi connectivity index (χ2n) is 9.65. The molecule has 1 amide bonds. The van der Waals surface area contributed by atoms with Crippen LogP contribution in [0.15, 0.2) is 76.5 Å². The van der Waals surface area contributed by atoms with Crippen LogP contribution in [-0.4, -0.2) is 73.0 Å². The molecule has 1 N–H and O–H groups in total. The Morgan fingerprint density at radius 1 is 0.929 bits per heavy atom. The summed E-state index contributed by atoms with van der Waals surface area (Å²) in [5, 5.41) is 3.02. The zero-order valence-corrected chi connectivity index (χ0v) is 25.1. The molecule has 42 heavy (non-hydrogen) atoms. The first-order chi connectivity index (χ1) is 20.1. The van der Waals surface area contributed by atoms with Crippen LogP contribution in [0.2, 0.25) is 5.02 Å². The van der Waals surface area contributed by atoms with Crippen molar-refractivity contribution in [2.75, 3.05) is 44.2 Å². The minimum atomic E-state index is -4.08. The van der Waals surface area contributed by atoms with Crippen molar-refractivity contribution in [1.82, 2.24) is 9.62 Å². The van der Waals surface area contributed by atoms with Crippen molar-refractivity contribution in [3.05, 3.63) is 71.8 Å². The molecule has 1 saturated heterocycles. The molecule has 224 valence electrons. The van der Waals surface area contributed by atoms with E-state index in [-0.39, 0.29) is 40.9 Å². The first-order valence-electron chi connectivity index (χ1n) is 13.2. The normalized spacial score (nSPS) is 17.3. The molecule has 0 bridgehead atoms. The van der Waals surface area contributed by atoms with Gasteiger partial charge < -0.3 is 19.5 Å². The van der Waals surface area contributed by atoms with Crippen molar-refractivity contribution >= 4 is 43.2 Å². The number of benzene rings is 3. The van der Waals surface area contributed by atoms with Crippen molar-refractivity contribution in [3.8, 4) is 17.2 Å². The van der Waals surface area contributed by atoms with Gasteiger partial charge in [-0.1, -0.05) is 11.6 Å². The number of nitrogens with zero attached hydrogens (tertiary/aromatic N) is 2. The summed E-state index contributed by atoms with van der Waals surface area (Å²) in [6, 6.07) is 16.6. The first-order valence-corrected chi connectivity index (χ1v) is 16.5. The highest BCUT2D eigenvalue weighted by atomic mass is 35.5. The van der Waals surface area contributed by atoms with Crippen LogP contribution >= 0.6 is 11.6 Å². The Hall–Kier alpha value is -3.52. The molecule has 11 nitrogen and oxygen atoms in total. The largest absolute Gasteiger partial charge is 0.497 e. The van der Waals surface area contributed by atoms with Crippen molar-refractivity contribution in [2.24, 2.45) is 0 Å². The fraction of sp³-hybridized carbons (Fsp3) is 0.321. The number of methoxy groups -OCH3 is 1. The van der Waals surface area contributed by atoms with E-state index in [1.165, 1.54) is 59.9 Å². The number of sulfonamides is 2. The zero-order valence-electron chi connectivity index (χ0n) is 22.7. The second kappa shape index (κ2) is 12.4. The SMILES string of the molecule is COc1ccc(S(=O)(=O)N2C[C@H](C(=O)NCCOc3ccc(S(=O)(=O)N4CCCC4)cc3)Oc3ccc(Cl)cc32)cc1. The van der Waals surface area contributed by atoms with Gasteiger partial charge in [0.25, 0.3) is 15.9 Å². The molecular formula is C28H30ClN3O8S2. The number of hydrogen-bond donors (Lipinski definition) is 1. The summed E-state index contributed by atoms with van der Waals surface area (Å²) in [6.45, 7) is 0.967. The average Bonchev–Trinajstić information content (AvgIpc) is 3.55. The van der Waals surface area contributed by atoms with Gasteiger partial charge in [-0.2, -0.15) is 4.31 Å². The number of nitrogens with one attached hydrogen (secondary N) is 1. The minimum absolute atomic E-state index is 0.0166. The van der Waals surface area contributed by atoms with Crippen LogP contribution in [0, 0.1) is 0 Å². The third-order valence-corrected chi connectivity index (χ3v) is 10.9. The number of carbonyl (C=O) groups excluding carboxylic acids is 1. The van der Waals surface area contributed by atoms with Crippen molar-refractivity contribution < 1.29 is 35.8 Å². The first kappa shape index (κ1) is 30.0. The number of carbonyl (C=O) groups is 1. The Labute approximate surface area is 250 Å². The maximum Gasteiger partial charge on any atom is 0.264 e. The number of ether oxygens (including phenoxy) is 3. The number of anilines is 1. The van der Waals surface area contributed by atoms with E-state index in [2.05, 4.69) is 5.32 Å². The maximum absolute atomic E-state index is 13.6. The van der Waals surface area contributed by atoms with Crippen molar-refractivity contribution in [3.63, 3.8) is 0 Å². The van der Waals surface area contributed by atoms with Gasteiger partial charge in [0.15, 0.2) is 6.10 Å². The van der Waals surface area contributed by atoms with Gasteiger partial charge in [0, 0.05) is 18.1 Å². The Kier molecular flexibility index (Phi) is 8.83. The molecule has 2 aliphatic rings. The topological polar surface area (TPSA) is 132 Å². The van der Waals surface area contributed by atoms with Gasteiger partial charge >= 0.3 is 0 Å². The number of hydrogen-bond acceptors (Lipinski definition) is 8. The molecule has 0 aliphatic carbocycles. The monoisotopic (exact) mass is 635 g/mol. The van der Waals surface area contributed by atoms with Gasteiger partial charge in [-0.05, 0) is 79.6 Å². The molecule has 0 aromatic heterocycles. The molecule has 0 saturated carbocycles. The van der Waals surface area contributed by atoms with Crippen LogP contribution in [0.5, 0.6) is 17.2 Å². The van der Waals surface area contributed by atoms with E-state index in [1.54, 1.807) is 18.2 Å². The lowest BCUT2D eigenvalue weighted by Crippen LogP contribution is -2.51.